The molecule has 0 unspecified atom stereocenters. The van der Waals surface area contributed by atoms with Gasteiger partial charge in [0, 0.05) is 38.2 Å². The van der Waals surface area contributed by atoms with Crippen LogP contribution in [0.1, 0.15) is 40.0 Å². The van der Waals surface area contributed by atoms with Crippen molar-refractivity contribution in [1.82, 2.24) is 9.55 Å². The molecule has 0 aliphatic heterocycles. The highest BCUT2D eigenvalue weighted by atomic mass is 16.5. The van der Waals surface area contributed by atoms with Crippen LogP contribution in [0.2, 0.25) is 0 Å². The minimum atomic E-state index is 0.517. The van der Waals surface area contributed by atoms with Crippen molar-refractivity contribution >= 4 is 5.95 Å². The predicted molar refractivity (Wildman–Crippen MR) is 71.3 cm³/mol. The third kappa shape index (κ3) is 4.77. The molecular weight excluding hydrogens is 214 g/mol. The Hall–Kier alpha value is -1.03. The molecule has 0 aliphatic carbocycles. The van der Waals surface area contributed by atoms with E-state index >= 15 is 0 Å². The fourth-order valence-electron chi connectivity index (χ4n) is 1.79. The average molecular weight is 239 g/mol. The molecule has 1 rings (SSSR count). The molecule has 17 heavy (non-hydrogen) atoms. The third-order valence-corrected chi connectivity index (χ3v) is 2.93. The summed E-state index contributed by atoms with van der Waals surface area (Å²) in [5, 5.41) is 3.48. The molecule has 1 aromatic rings. The summed E-state index contributed by atoms with van der Waals surface area (Å²) in [6, 6.07) is 0.517. The molecule has 1 heterocycles. The molecular formula is C13H25N3O. The first-order valence-electron chi connectivity index (χ1n) is 6.67. The van der Waals surface area contributed by atoms with Crippen LogP contribution in [-0.2, 0) is 11.3 Å². The van der Waals surface area contributed by atoms with E-state index in [2.05, 4.69) is 28.7 Å². The Morgan fingerprint density at radius 2 is 2.12 bits per heavy atom. The summed E-state index contributed by atoms with van der Waals surface area (Å²) in [5.74, 6) is 0.982. The van der Waals surface area contributed by atoms with E-state index in [0.29, 0.717) is 6.04 Å². The van der Waals surface area contributed by atoms with Gasteiger partial charge >= 0.3 is 0 Å². The number of nitrogens with one attached hydrogen (secondary N) is 1. The number of anilines is 1. The van der Waals surface area contributed by atoms with E-state index in [0.717, 1.165) is 45.0 Å². The Labute approximate surface area is 104 Å². The molecule has 4 nitrogen and oxygen atoms in total. The molecule has 0 saturated heterocycles. The summed E-state index contributed by atoms with van der Waals surface area (Å²) in [7, 11) is 0. The molecule has 4 heteroatoms. The number of hydrogen-bond acceptors (Lipinski definition) is 3. The van der Waals surface area contributed by atoms with Gasteiger partial charge in [0.1, 0.15) is 0 Å². The first-order valence-corrected chi connectivity index (χ1v) is 6.67. The van der Waals surface area contributed by atoms with Crippen molar-refractivity contribution in [3.63, 3.8) is 0 Å². The number of hydrogen-bond donors (Lipinski definition) is 1. The summed E-state index contributed by atoms with van der Waals surface area (Å²) in [6.07, 6.45) is 7.16. The predicted octanol–water partition coefficient (Wildman–Crippen LogP) is 2.91. The highest BCUT2D eigenvalue weighted by molar-refractivity contribution is 5.27. The second-order valence-electron chi connectivity index (χ2n) is 4.15. The second-order valence-corrected chi connectivity index (χ2v) is 4.15. The van der Waals surface area contributed by atoms with Crippen LogP contribution in [0.5, 0.6) is 0 Å². The van der Waals surface area contributed by atoms with Gasteiger partial charge in [0.05, 0.1) is 0 Å². The van der Waals surface area contributed by atoms with E-state index in [4.69, 9.17) is 4.74 Å². The van der Waals surface area contributed by atoms with Gasteiger partial charge in [-0.3, -0.25) is 0 Å². The van der Waals surface area contributed by atoms with Crippen molar-refractivity contribution in [2.45, 2.75) is 52.6 Å². The van der Waals surface area contributed by atoms with Crippen LogP contribution in [0.25, 0.3) is 0 Å². The number of rotatable bonds is 9. The molecule has 98 valence electrons. The lowest BCUT2D eigenvalue weighted by Crippen LogP contribution is -2.20. The number of aryl methyl sites for hydroxylation is 1. The van der Waals surface area contributed by atoms with Crippen LogP contribution in [-0.4, -0.2) is 28.8 Å². The van der Waals surface area contributed by atoms with Gasteiger partial charge in [-0.2, -0.15) is 0 Å². The monoisotopic (exact) mass is 239 g/mol. The molecule has 0 spiro atoms. The Balaban J connectivity index is 2.42. The zero-order chi connectivity index (χ0) is 12.5. The van der Waals surface area contributed by atoms with E-state index in [1.54, 1.807) is 0 Å². The van der Waals surface area contributed by atoms with Crippen molar-refractivity contribution in [3.8, 4) is 0 Å². The summed E-state index contributed by atoms with van der Waals surface area (Å²) >= 11 is 0. The maximum Gasteiger partial charge on any atom is 0.202 e. The standard InChI is InChI=1S/C13H25N3O/c1-4-12(5-2)15-13-14-8-10-16(13)9-7-11-17-6-3/h8,10,12H,4-7,9,11H2,1-3H3,(H,14,15). The van der Waals surface area contributed by atoms with E-state index < -0.39 is 0 Å². The van der Waals surface area contributed by atoms with Gasteiger partial charge in [0.2, 0.25) is 5.95 Å². The third-order valence-electron chi connectivity index (χ3n) is 2.93. The first-order chi connectivity index (χ1) is 8.31. The molecule has 1 aromatic heterocycles. The molecule has 0 bridgehead atoms. The van der Waals surface area contributed by atoms with Crippen LogP contribution >= 0.6 is 0 Å². The maximum absolute atomic E-state index is 5.34. The van der Waals surface area contributed by atoms with Gasteiger partial charge in [-0.15, -0.1) is 0 Å². The summed E-state index contributed by atoms with van der Waals surface area (Å²) in [6.45, 7) is 8.99. The van der Waals surface area contributed by atoms with Crippen LogP contribution in [0.4, 0.5) is 5.95 Å². The second kappa shape index (κ2) is 8.12. The molecule has 0 atom stereocenters. The molecule has 0 saturated carbocycles. The van der Waals surface area contributed by atoms with Crippen molar-refractivity contribution in [2.75, 3.05) is 18.5 Å². The summed E-state index contributed by atoms with van der Waals surface area (Å²) in [5.41, 5.74) is 0. The Bertz CT molecular complexity index is 295. The minimum absolute atomic E-state index is 0.517. The Morgan fingerprint density at radius 3 is 2.76 bits per heavy atom. The SMILES string of the molecule is CCOCCCn1ccnc1NC(CC)CC. The molecule has 0 aliphatic rings. The van der Waals surface area contributed by atoms with Gasteiger partial charge in [-0.25, -0.2) is 4.98 Å². The fourth-order valence-corrected chi connectivity index (χ4v) is 1.79. The van der Waals surface area contributed by atoms with Crippen LogP contribution in [0, 0.1) is 0 Å². The highest BCUT2D eigenvalue weighted by Gasteiger charge is 2.07. The van der Waals surface area contributed by atoms with E-state index in [9.17, 15) is 0 Å². The molecule has 0 radical (unpaired) electrons. The van der Waals surface area contributed by atoms with Crippen molar-refractivity contribution in [3.05, 3.63) is 12.4 Å². The molecule has 0 aromatic carbocycles. The smallest absolute Gasteiger partial charge is 0.202 e. The first kappa shape index (κ1) is 14.0. The van der Waals surface area contributed by atoms with E-state index in [1.807, 2.05) is 19.3 Å². The lowest BCUT2D eigenvalue weighted by Gasteiger charge is -2.16. The van der Waals surface area contributed by atoms with Crippen molar-refractivity contribution in [2.24, 2.45) is 0 Å². The normalized spacial score (nSPS) is 11.1. The zero-order valence-corrected chi connectivity index (χ0v) is 11.3. The van der Waals surface area contributed by atoms with Crippen LogP contribution in [0.15, 0.2) is 12.4 Å². The zero-order valence-electron chi connectivity index (χ0n) is 11.3. The van der Waals surface area contributed by atoms with E-state index in [-0.39, 0.29) is 0 Å². The van der Waals surface area contributed by atoms with Gasteiger partial charge in [-0.1, -0.05) is 13.8 Å². The van der Waals surface area contributed by atoms with E-state index in [1.165, 1.54) is 0 Å². The summed E-state index contributed by atoms with van der Waals surface area (Å²) < 4.78 is 7.50. The van der Waals surface area contributed by atoms with Crippen molar-refractivity contribution in [1.29, 1.82) is 0 Å². The van der Waals surface area contributed by atoms with Gasteiger partial charge in [-0.05, 0) is 26.2 Å². The van der Waals surface area contributed by atoms with Gasteiger partial charge in [0.25, 0.3) is 0 Å². The number of nitrogens with zero attached hydrogens (tertiary/aromatic N) is 2. The van der Waals surface area contributed by atoms with Crippen LogP contribution < -0.4 is 5.32 Å². The number of ether oxygens (including phenoxy) is 1. The Kier molecular flexibility index (Phi) is 6.70. The molecule has 0 amide bonds. The molecule has 0 fully saturated rings. The fraction of sp³-hybridized carbons (Fsp3) is 0.769. The van der Waals surface area contributed by atoms with Gasteiger partial charge in [0.15, 0.2) is 0 Å². The number of aromatic nitrogens is 2. The molecule has 1 N–H and O–H groups in total. The van der Waals surface area contributed by atoms with Crippen LogP contribution in [0.3, 0.4) is 0 Å². The Morgan fingerprint density at radius 1 is 1.35 bits per heavy atom. The maximum atomic E-state index is 5.34. The number of imidazole rings is 1. The lowest BCUT2D eigenvalue weighted by molar-refractivity contribution is 0.142. The lowest BCUT2D eigenvalue weighted by atomic mass is 10.2. The summed E-state index contributed by atoms with van der Waals surface area (Å²) in [4.78, 5) is 4.36. The minimum Gasteiger partial charge on any atom is -0.382 e. The largest absolute Gasteiger partial charge is 0.382 e. The topological polar surface area (TPSA) is 39.1 Å². The highest BCUT2D eigenvalue weighted by Crippen LogP contribution is 2.10. The van der Waals surface area contributed by atoms with Crippen molar-refractivity contribution < 1.29 is 4.74 Å². The average Bonchev–Trinajstić information content (AvgIpc) is 2.79. The quantitative estimate of drug-likeness (QED) is 0.673. The van der Waals surface area contributed by atoms with Gasteiger partial charge < -0.3 is 14.6 Å².